The first-order chi connectivity index (χ1) is 14.6. The third-order valence-electron chi connectivity index (χ3n) is 5.56. The van der Waals surface area contributed by atoms with E-state index in [1.54, 1.807) is 6.20 Å². The molecule has 0 saturated heterocycles. The monoisotopic (exact) mass is 400 g/mol. The number of amides is 2. The van der Waals surface area contributed by atoms with Gasteiger partial charge in [0.25, 0.3) is 11.8 Å². The van der Waals surface area contributed by atoms with Crippen LogP contribution in [-0.4, -0.2) is 37.6 Å². The molecule has 0 unspecified atom stereocenters. The molecule has 150 valence electrons. The molecule has 0 bridgehead atoms. The van der Waals surface area contributed by atoms with Gasteiger partial charge in [-0.15, -0.1) is 0 Å². The minimum absolute atomic E-state index is 0.0798. The van der Waals surface area contributed by atoms with Crippen LogP contribution >= 0.6 is 0 Å². The second-order valence-corrected chi connectivity index (χ2v) is 7.39. The standard InChI is InChI=1S/C23H20N4O3/c1-26-12-16(21-18(26)8-4-9-24-21)20-19(22(29)25-23(20)30)15-13-27(10-5-11-28)17-7-3-2-6-14(15)17/h2-4,6-9,12-13,28H,5,10-11H2,1H3,(H,25,29,30). The Bertz CT molecular complexity index is 1360. The lowest BCUT2D eigenvalue weighted by atomic mass is 9.97. The van der Waals surface area contributed by atoms with Gasteiger partial charge in [0.15, 0.2) is 0 Å². The molecule has 0 aliphatic carbocycles. The molecular formula is C23H20N4O3. The van der Waals surface area contributed by atoms with Crippen LogP contribution in [0.2, 0.25) is 0 Å². The summed E-state index contributed by atoms with van der Waals surface area (Å²) in [6.07, 6.45) is 6.02. The summed E-state index contributed by atoms with van der Waals surface area (Å²) >= 11 is 0. The van der Waals surface area contributed by atoms with Crippen molar-refractivity contribution in [1.82, 2.24) is 19.4 Å². The van der Waals surface area contributed by atoms with E-state index in [0.717, 1.165) is 16.4 Å². The van der Waals surface area contributed by atoms with Crippen LogP contribution in [-0.2, 0) is 23.2 Å². The predicted molar refractivity (Wildman–Crippen MR) is 114 cm³/mol. The topological polar surface area (TPSA) is 89.1 Å². The van der Waals surface area contributed by atoms with Crippen molar-refractivity contribution in [2.45, 2.75) is 13.0 Å². The Kier molecular flexibility index (Phi) is 4.25. The highest BCUT2D eigenvalue weighted by Crippen LogP contribution is 2.38. The smallest absolute Gasteiger partial charge is 0.259 e. The first-order valence-corrected chi connectivity index (χ1v) is 9.79. The fraction of sp³-hybridized carbons (Fsp3) is 0.174. The van der Waals surface area contributed by atoms with Crippen LogP contribution in [0, 0.1) is 0 Å². The van der Waals surface area contributed by atoms with Gasteiger partial charge in [0.1, 0.15) is 0 Å². The number of aliphatic hydroxyl groups excluding tert-OH is 1. The summed E-state index contributed by atoms with van der Waals surface area (Å²) < 4.78 is 3.92. The fourth-order valence-electron chi connectivity index (χ4n) is 4.24. The maximum Gasteiger partial charge on any atom is 0.259 e. The van der Waals surface area contributed by atoms with Crippen LogP contribution in [0.15, 0.2) is 55.0 Å². The first kappa shape index (κ1) is 18.3. The van der Waals surface area contributed by atoms with Crippen molar-refractivity contribution in [1.29, 1.82) is 0 Å². The molecule has 7 heteroatoms. The average Bonchev–Trinajstić information content (AvgIpc) is 3.37. The van der Waals surface area contributed by atoms with Crippen LogP contribution in [0.3, 0.4) is 0 Å². The van der Waals surface area contributed by atoms with Crippen LogP contribution in [0.25, 0.3) is 33.1 Å². The van der Waals surface area contributed by atoms with Gasteiger partial charge in [0, 0.05) is 60.8 Å². The lowest BCUT2D eigenvalue weighted by Gasteiger charge is -2.02. The number of pyridine rings is 1. The lowest BCUT2D eigenvalue weighted by Crippen LogP contribution is -2.22. The zero-order chi connectivity index (χ0) is 20.8. The quantitative estimate of drug-likeness (QED) is 0.504. The van der Waals surface area contributed by atoms with E-state index in [-0.39, 0.29) is 6.61 Å². The molecule has 0 spiro atoms. The number of hydrogen-bond donors (Lipinski definition) is 2. The molecule has 0 fully saturated rings. The Hall–Kier alpha value is -3.71. The van der Waals surface area contributed by atoms with E-state index in [1.807, 2.05) is 65.0 Å². The summed E-state index contributed by atoms with van der Waals surface area (Å²) in [6, 6.07) is 11.5. The summed E-state index contributed by atoms with van der Waals surface area (Å²) in [6.45, 7) is 0.696. The predicted octanol–water partition coefficient (Wildman–Crippen LogP) is 2.48. The van der Waals surface area contributed by atoms with Gasteiger partial charge in [-0.1, -0.05) is 18.2 Å². The Morgan fingerprint density at radius 2 is 1.70 bits per heavy atom. The normalized spacial score (nSPS) is 14.3. The number of imide groups is 1. The van der Waals surface area contributed by atoms with E-state index >= 15 is 0 Å². The zero-order valence-corrected chi connectivity index (χ0v) is 16.4. The van der Waals surface area contributed by atoms with Gasteiger partial charge in [-0.2, -0.15) is 0 Å². The Morgan fingerprint density at radius 1 is 0.967 bits per heavy atom. The Labute approximate surface area is 172 Å². The van der Waals surface area contributed by atoms with Gasteiger partial charge in [-0.3, -0.25) is 19.9 Å². The summed E-state index contributed by atoms with van der Waals surface area (Å²) in [5, 5.41) is 12.6. The Balaban J connectivity index is 1.81. The van der Waals surface area contributed by atoms with Crippen LogP contribution in [0.1, 0.15) is 17.5 Å². The van der Waals surface area contributed by atoms with Gasteiger partial charge in [0.2, 0.25) is 0 Å². The van der Waals surface area contributed by atoms with Crippen LogP contribution < -0.4 is 5.32 Å². The average molecular weight is 400 g/mol. The van der Waals surface area contributed by atoms with Gasteiger partial charge in [-0.05, 0) is 24.6 Å². The summed E-state index contributed by atoms with van der Waals surface area (Å²) in [4.78, 5) is 30.2. The van der Waals surface area contributed by atoms with Crippen molar-refractivity contribution in [2.75, 3.05) is 6.61 Å². The number of aryl methyl sites for hydroxylation is 2. The van der Waals surface area contributed by atoms with E-state index in [1.165, 1.54) is 0 Å². The summed E-state index contributed by atoms with van der Waals surface area (Å²) in [5.74, 6) is -0.826. The zero-order valence-electron chi connectivity index (χ0n) is 16.4. The number of aliphatic hydroxyl groups is 1. The number of rotatable bonds is 5. The number of aromatic nitrogens is 3. The third kappa shape index (κ3) is 2.67. The van der Waals surface area contributed by atoms with E-state index in [4.69, 9.17) is 0 Å². The molecule has 1 aliphatic rings. The summed E-state index contributed by atoms with van der Waals surface area (Å²) in [5.41, 5.74) is 4.56. The maximum atomic E-state index is 12.9. The molecule has 7 nitrogen and oxygen atoms in total. The minimum Gasteiger partial charge on any atom is -0.396 e. The second-order valence-electron chi connectivity index (χ2n) is 7.39. The second kappa shape index (κ2) is 6.96. The van der Waals surface area contributed by atoms with Crippen LogP contribution in [0.4, 0.5) is 0 Å². The molecule has 3 aromatic heterocycles. The van der Waals surface area contributed by atoms with Crippen molar-refractivity contribution < 1.29 is 14.7 Å². The van der Waals surface area contributed by atoms with Gasteiger partial charge in [0.05, 0.1) is 22.2 Å². The molecule has 0 radical (unpaired) electrons. The first-order valence-electron chi connectivity index (χ1n) is 9.79. The number of para-hydroxylation sites is 1. The maximum absolute atomic E-state index is 12.9. The highest BCUT2D eigenvalue weighted by Gasteiger charge is 2.35. The van der Waals surface area contributed by atoms with E-state index in [9.17, 15) is 14.7 Å². The lowest BCUT2D eigenvalue weighted by molar-refractivity contribution is -0.122. The number of carbonyl (C=O) groups is 2. The molecule has 2 N–H and O–H groups in total. The molecule has 1 aromatic carbocycles. The van der Waals surface area contributed by atoms with Crippen molar-refractivity contribution in [2.24, 2.45) is 7.05 Å². The highest BCUT2D eigenvalue weighted by atomic mass is 16.3. The van der Waals surface area contributed by atoms with Gasteiger partial charge in [-0.25, -0.2) is 0 Å². The molecule has 30 heavy (non-hydrogen) atoms. The van der Waals surface area contributed by atoms with Crippen molar-refractivity contribution in [3.8, 4) is 0 Å². The Morgan fingerprint density at radius 3 is 2.50 bits per heavy atom. The molecule has 2 amide bonds. The number of benzene rings is 1. The van der Waals surface area contributed by atoms with Crippen molar-refractivity contribution in [3.63, 3.8) is 0 Å². The third-order valence-corrected chi connectivity index (χ3v) is 5.56. The minimum atomic E-state index is -0.416. The SMILES string of the molecule is Cn1cc(C2=C(c3cn(CCCO)c4ccccc34)C(=O)NC2=O)c2ncccc21. The number of nitrogens with zero attached hydrogens (tertiary/aromatic N) is 3. The van der Waals surface area contributed by atoms with Crippen LogP contribution in [0.5, 0.6) is 0 Å². The molecule has 4 heterocycles. The van der Waals surface area contributed by atoms with Crippen molar-refractivity contribution >= 4 is 44.9 Å². The largest absolute Gasteiger partial charge is 0.396 e. The molecule has 0 saturated carbocycles. The molecule has 5 rings (SSSR count). The van der Waals surface area contributed by atoms with Crippen molar-refractivity contribution in [3.05, 3.63) is 66.1 Å². The van der Waals surface area contributed by atoms with E-state index < -0.39 is 11.8 Å². The number of carbonyl (C=O) groups excluding carboxylic acids is 2. The fourth-order valence-corrected chi connectivity index (χ4v) is 4.24. The molecule has 1 aliphatic heterocycles. The van der Waals surface area contributed by atoms with Gasteiger partial charge < -0.3 is 14.2 Å². The molecule has 4 aromatic rings. The van der Waals surface area contributed by atoms with E-state index in [2.05, 4.69) is 10.3 Å². The number of fused-ring (bicyclic) bond motifs is 2. The molecular weight excluding hydrogens is 380 g/mol. The van der Waals surface area contributed by atoms with Gasteiger partial charge >= 0.3 is 0 Å². The summed E-state index contributed by atoms with van der Waals surface area (Å²) in [7, 11) is 1.89. The molecule has 0 atom stereocenters. The van der Waals surface area contributed by atoms with E-state index in [0.29, 0.717) is 40.8 Å². The highest BCUT2D eigenvalue weighted by molar-refractivity contribution is 6.50. The number of hydrogen-bond acceptors (Lipinski definition) is 4. The number of nitrogens with one attached hydrogen (secondary N) is 1.